The van der Waals surface area contributed by atoms with Gasteiger partial charge in [0.15, 0.2) is 11.3 Å². The van der Waals surface area contributed by atoms with Crippen LogP contribution in [0.3, 0.4) is 0 Å². The highest BCUT2D eigenvalue weighted by molar-refractivity contribution is 7.91. The van der Waals surface area contributed by atoms with Gasteiger partial charge in [0.25, 0.3) is 0 Å². The van der Waals surface area contributed by atoms with Gasteiger partial charge in [-0.05, 0) is 67.6 Å². The average Bonchev–Trinajstić information content (AvgIpc) is 3.66. The van der Waals surface area contributed by atoms with Gasteiger partial charge in [0.2, 0.25) is 14.9 Å². The van der Waals surface area contributed by atoms with E-state index in [4.69, 9.17) is 10.00 Å². The van der Waals surface area contributed by atoms with Crippen molar-refractivity contribution in [3.05, 3.63) is 77.7 Å². The van der Waals surface area contributed by atoms with Crippen LogP contribution in [0.2, 0.25) is 0 Å². The molecule has 0 spiro atoms. The standard InChI is InChI=1S/C28H26N6O3S/c1-3-19-14-21(37-20-10-8-18(16-29)9-11-20)15-22(19)26-32-33-27-28(31-25-23(34(26)27)12-13-30-25)38(35,36)24-7-5-4-6-17(24)2/h4-13,19,21-22,30H,3,14-15H2,1-2H3/t19-,21-,22+/m1/s1. The highest BCUT2D eigenvalue weighted by Crippen LogP contribution is 2.43. The molecular formula is C28H26N6O3S. The van der Waals surface area contributed by atoms with E-state index in [1.54, 1.807) is 43.5 Å². The van der Waals surface area contributed by atoms with Crippen molar-refractivity contribution in [1.29, 1.82) is 5.26 Å². The Hall–Kier alpha value is -4.23. The van der Waals surface area contributed by atoms with E-state index in [0.717, 1.165) is 24.1 Å². The summed E-state index contributed by atoms with van der Waals surface area (Å²) in [5.74, 6) is 1.74. The van der Waals surface area contributed by atoms with Crippen molar-refractivity contribution >= 4 is 26.6 Å². The summed E-state index contributed by atoms with van der Waals surface area (Å²) >= 11 is 0. The van der Waals surface area contributed by atoms with Gasteiger partial charge in [0, 0.05) is 12.1 Å². The van der Waals surface area contributed by atoms with Gasteiger partial charge in [-0.1, -0.05) is 31.5 Å². The minimum Gasteiger partial charge on any atom is -0.490 e. The van der Waals surface area contributed by atoms with E-state index in [2.05, 4.69) is 33.2 Å². The smallest absolute Gasteiger partial charge is 0.228 e. The Kier molecular flexibility index (Phi) is 5.88. The van der Waals surface area contributed by atoms with E-state index in [0.29, 0.717) is 29.0 Å². The predicted octanol–water partition coefficient (Wildman–Crippen LogP) is 4.97. The Balaban J connectivity index is 1.43. The number of aromatic nitrogens is 5. The molecule has 0 aliphatic heterocycles. The largest absolute Gasteiger partial charge is 0.490 e. The number of fused-ring (bicyclic) bond motifs is 3. The molecule has 0 saturated heterocycles. The van der Waals surface area contributed by atoms with Gasteiger partial charge in [0.05, 0.1) is 28.1 Å². The van der Waals surface area contributed by atoms with E-state index < -0.39 is 9.84 Å². The zero-order valence-corrected chi connectivity index (χ0v) is 21.8. The monoisotopic (exact) mass is 526 g/mol. The van der Waals surface area contributed by atoms with Gasteiger partial charge in [-0.15, -0.1) is 10.2 Å². The SMILES string of the molecule is CC[C@@H]1C[C@@H](Oc2ccc(C#N)cc2)C[C@@H]1c1nnc2c(S(=O)(=O)c3ccccc3C)nc3[nH]ccc3n12. The number of rotatable bonds is 6. The second kappa shape index (κ2) is 9.26. The summed E-state index contributed by atoms with van der Waals surface area (Å²) in [4.78, 5) is 7.78. The number of nitriles is 1. The van der Waals surface area contributed by atoms with Crippen molar-refractivity contribution in [2.75, 3.05) is 0 Å². The number of hydrogen-bond donors (Lipinski definition) is 1. The number of nitrogens with zero attached hydrogens (tertiary/aromatic N) is 5. The van der Waals surface area contributed by atoms with Crippen molar-refractivity contribution in [3.63, 3.8) is 0 Å². The molecule has 0 radical (unpaired) electrons. The van der Waals surface area contributed by atoms with Gasteiger partial charge in [-0.3, -0.25) is 4.40 Å². The molecule has 1 aliphatic rings. The maximum atomic E-state index is 13.8. The number of H-pyrrole nitrogens is 1. The maximum Gasteiger partial charge on any atom is 0.228 e. The van der Waals surface area contributed by atoms with Gasteiger partial charge in [-0.25, -0.2) is 13.4 Å². The van der Waals surface area contributed by atoms with Crippen molar-refractivity contribution in [3.8, 4) is 11.8 Å². The lowest BCUT2D eigenvalue weighted by Crippen LogP contribution is -2.13. The van der Waals surface area contributed by atoms with Crippen LogP contribution in [0.15, 0.2) is 70.7 Å². The van der Waals surface area contributed by atoms with Crippen molar-refractivity contribution < 1.29 is 13.2 Å². The predicted molar refractivity (Wildman–Crippen MR) is 141 cm³/mol. The number of benzene rings is 2. The third-order valence-electron chi connectivity index (χ3n) is 7.47. The molecule has 6 rings (SSSR count). The second-order valence-electron chi connectivity index (χ2n) is 9.74. The van der Waals surface area contributed by atoms with Crippen LogP contribution in [0.25, 0.3) is 16.8 Å². The van der Waals surface area contributed by atoms with Gasteiger partial charge < -0.3 is 9.72 Å². The van der Waals surface area contributed by atoms with Crippen LogP contribution in [0.5, 0.6) is 5.75 Å². The molecule has 0 bridgehead atoms. The quantitative estimate of drug-likeness (QED) is 0.331. The Bertz CT molecular complexity index is 1800. The number of ether oxygens (including phenoxy) is 1. The van der Waals surface area contributed by atoms with E-state index in [9.17, 15) is 8.42 Å². The number of nitrogens with one attached hydrogen (secondary N) is 1. The van der Waals surface area contributed by atoms with Crippen LogP contribution in [-0.2, 0) is 9.84 Å². The van der Waals surface area contributed by atoms with Crippen molar-refractivity contribution in [1.82, 2.24) is 24.6 Å². The minimum atomic E-state index is -3.95. The Morgan fingerprint density at radius 1 is 1.11 bits per heavy atom. The number of aryl methyl sites for hydroxylation is 1. The maximum absolute atomic E-state index is 13.8. The van der Waals surface area contributed by atoms with Crippen molar-refractivity contribution in [2.24, 2.45) is 5.92 Å². The topological polar surface area (TPSA) is 126 Å². The number of sulfone groups is 1. The Morgan fingerprint density at radius 2 is 1.89 bits per heavy atom. The van der Waals surface area contributed by atoms with Gasteiger partial charge in [-0.2, -0.15) is 5.26 Å². The molecule has 10 heteroatoms. The lowest BCUT2D eigenvalue weighted by molar-refractivity contribution is 0.203. The van der Waals surface area contributed by atoms with Crippen LogP contribution >= 0.6 is 0 Å². The molecular weight excluding hydrogens is 500 g/mol. The first-order valence-corrected chi connectivity index (χ1v) is 14.1. The molecule has 3 atom stereocenters. The lowest BCUT2D eigenvalue weighted by Gasteiger charge is -2.16. The number of hydrogen-bond acceptors (Lipinski definition) is 7. The Labute approximate surface area is 220 Å². The molecule has 1 N–H and O–H groups in total. The first kappa shape index (κ1) is 24.1. The molecule has 3 aromatic heterocycles. The minimum absolute atomic E-state index is 0.0212. The van der Waals surface area contributed by atoms with E-state index in [-0.39, 0.29) is 33.5 Å². The molecule has 1 aliphatic carbocycles. The molecule has 3 heterocycles. The second-order valence-corrected chi connectivity index (χ2v) is 11.6. The summed E-state index contributed by atoms with van der Waals surface area (Å²) in [5.41, 5.74) is 2.64. The molecule has 38 heavy (non-hydrogen) atoms. The van der Waals surface area contributed by atoms with Crippen LogP contribution in [0.4, 0.5) is 0 Å². The van der Waals surface area contributed by atoms with E-state index >= 15 is 0 Å². The van der Waals surface area contributed by atoms with Crippen molar-refractivity contribution in [2.45, 2.75) is 55.1 Å². The molecule has 1 saturated carbocycles. The summed E-state index contributed by atoms with van der Waals surface area (Å²) in [5, 5.41) is 17.9. The normalized spacial score (nSPS) is 19.7. The van der Waals surface area contributed by atoms with Crippen LogP contribution < -0.4 is 4.74 Å². The highest BCUT2D eigenvalue weighted by atomic mass is 32.2. The summed E-state index contributed by atoms with van der Waals surface area (Å²) in [6.07, 6.45) is 4.18. The van der Waals surface area contributed by atoms with Crippen LogP contribution in [0, 0.1) is 24.2 Å². The summed E-state index contributed by atoms with van der Waals surface area (Å²) in [6.45, 7) is 3.91. The molecule has 9 nitrogen and oxygen atoms in total. The lowest BCUT2D eigenvalue weighted by atomic mass is 9.93. The average molecular weight is 527 g/mol. The molecule has 5 aromatic rings. The van der Waals surface area contributed by atoms with Gasteiger partial charge in [0.1, 0.15) is 11.6 Å². The zero-order valence-electron chi connectivity index (χ0n) is 21.0. The third kappa shape index (κ3) is 3.90. The summed E-state index contributed by atoms with van der Waals surface area (Å²) < 4.78 is 35.7. The van der Waals surface area contributed by atoms with E-state index in [1.165, 1.54) is 0 Å². The third-order valence-corrected chi connectivity index (χ3v) is 9.29. The fraction of sp³-hybridized carbons (Fsp3) is 0.286. The summed E-state index contributed by atoms with van der Waals surface area (Å²) in [7, 11) is -3.95. The zero-order chi connectivity index (χ0) is 26.4. The van der Waals surface area contributed by atoms with Crippen LogP contribution in [0.1, 0.15) is 49.1 Å². The first-order valence-electron chi connectivity index (χ1n) is 12.6. The molecule has 1 fully saturated rings. The van der Waals surface area contributed by atoms with Crippen LogP contribution in [-0.4, -0.2) is 39.1 Å². The first-order chi connectivity index (χ1) is 18.4. The molecule has 2 aromatic carbocycles. The fourth-order valence-corrected chi connectivity index (χ4v) is 7.11. The number of aromatic amines is 1. The Morgan fingerprint density at radius 3 is 2.63 bits per heavy atom. The van der Waals surface area contributed by atoms with E-state index in [1.807, 2.05) is 28.7 Å². The molecule has 192 valence electrons. The fourth-order valence-electron chi connectivity index (χ4n) is 5.57. The summed E-state index contributed by atoms with van der Waals surface area (Å²) in [6, 6.07) is 18.0. The molecule has 0 amide bonds. The van der Waals surface area contributed by atoms with Gasteiger partial charge >= 0.3 is 0 Å². The molecule has 0 unspecified atom stereocenters. The highest BCUT2D eigenvalue weighted by Gasteiger charge is 2.39.